The molecule has 1 unspecified atom stereocenters. The quantitative estimate of drug-likeness (QED) is 0.730. The lowest BCUT2D eigenvalue weighted by molar-refractivity contribution is 0.0419. The molecule has 0 bridgehead atoms. The summed E-state index contributed by atoms with van der Waals surface area (Å²) in [5, 5.41) is 3.28. The number of aryl methyl sites for hydroxylation is 1. The third kappa shape index (κ3) is 2.51. The number of anilines is 1. The van der Waals surface area contributed by atoms with Gasteiger partial charge in [-0.05, 0) is 23.9 Å². The summed E-state index contributed by atoms with van der Waals surface area (Å²) in [6.45, 7) is 4.65. The van der Waals surface area contributed by atoms with Crippen molar-refractivity contribution in [3.63, 3.8) is 0 Å². The lowest BCUT2D eigenvalue weighted by Crippen LogP contribution is -2.38. The summed E-state index contributed by atoms with van der Waals surface area (Å²) in [4.78, 5) is 15.1. The summed E-state index contributed by atoms with van der Waals surface area (Å²) in [7, 11) is 0. The van der Waals surface area contributed by atoms with Crippen molar-refractivity contribution in [2.75, 3.05) is 24.6 Å². The second-order valence-corrected chi connectivity index (χ2v) is 7.40. The molecule has 1 atom stereocenters. The molecular weight excluding hydrogens is 314 g/mol. The van der Waals surface area contributed by atoms with E-state index >= 15 is 0 Å². The van der Waals surface area contributed by atoms with Gasteiger partial charge in [-0.15, -0.1) is 22.7 Å². The van der Waals surface area contributed by atoms with Crippen LogP contribution >= 0.6 is 22.7 Å². The molecule has 0 spiro atoms. The SMILES string of the molecule is CCc1cc2c(N3CCOC(c4cccs4)C3)ncnc2s1. The molecule has 6 heteroatoms. The molecule has 0 aromatic carbocycles. The fraction of sp³-hybridized carbons (Fsp3) is 0.375. The van der Waals surface area contributed by atoms with Crippen LogP contribution in [-0.2, 0) is 11.2 Å². The first-order valence-corrected chi connectivity index (χ1v) is 9.18. The highest BCUT2D eigenvalue weighted by atomic mass is 32.1. The number of hydrogen-bond donors (Lipinski definition) is 0. The zero-order valence-electron chi connectivity index (χ0n) is 12.4. The largest absolute Gasteiger partial charge is 0.369 e. The Kier molecular flexibility index (Phi) is 3.82. The smallest absolute Gasteiger partial charge is 0.140 e. The molecule has 22 heavy (non-hydrogen) atoms. The lowest BCUT2D eigenvalue weighted by Gasteiger charge is -2.33. The fourth-order valence-electron chi connectivity index (χ4n) is 2.81. The van der Waals surface area contributed by atoms with Gasteiger partial charge in [-0.1, -0.05) is 13.0 Å². The molecule has 1 aliphatic heterocycles. The van der Waals surface area contributed by atoms with Gasteiger partial charge in [-0.3, -0.25) is 0 Å². The number of ether oxygens (including phenoxy) is 1. The first kappa shape index (κ1) is 14.1. The molecule has 1 fully saturated rings. The third-order valence-corrected chi connectivity index (χ3v) is 6.09. The van der Waals surface area contributed by atoms with E-state index in [1.54, 1.807) is 29.0 Å². The van der Waals surface area contributed by atoms with Gasteiger partial charge in [0.1, 0.15) is 23.1 Å². The van der Waals surface area contributed by atoms with Crippen LogP contribution in [0.2, 0.25) is 0 Å². The molecule has 0 aliphatic carbocycles. The highest BCUT2D eigenvalue weighted by Gasteiger charge is 2.25. The van der Waals surface area contributed by atoms with Gasteiger partial charge >= 0.3 is 0 Å². The molecule has 0 saturated carbocycles. The van der Waals surface area contributed by atoms with E-state index in [2.05, 4.69) is 45.4 Å². The minimum atomic E-state index is 0.142. The summed E-state index contributed by atoms with van der Waals surface area (Å²) in [5.74, 6) is 1.05. The number of thiophene rings is 2. The van der Waals surface area contributed by atoms with Gasteiger partial charge in [-0.25, -0.2) is 9.97 Å². The third-order valence-electron chi connectivity index (χ3n) is 3.93. The Morgan fingerprint density at radius 3 is 3.18 bits per heavy atom. The van der Waals surface area contributed by atoms with E-state index in [1.807, 2.05) is 0 Å². The molecule has 0 radical (unpaired) electrons. The molecule has 4 rings (SSSR count). The average Bonchev–Trinajstić information content (AvgIpc) is 3.23. The van der Waals surface area contributed by atoms with E-state index < -0.39 is 0 Å². The molecule has 0 N–H and O–H groups in total. The standard InChI is InChI=1S/C16H17N3OS2/c1-2-11-8-12-15(17-10-18-16(12)22-11)19-5-6-20-13(9-19)14-4-3-7-21-14/h3-4,7-8,10,13H,2,5-6,9H2,1H3. The Morgan fingerprint density at radius 2 is 2.36 bits per heavy atom. The van der Waals surface area contributed by atoms with Crippen molar-refractivity contribution in [2.24, 2.45) is 0 Å². The monoisotopic (exact) mass is 331 g/mol. The van der Waals surface area contributed by atoms with Crippen LogP contribution in [0.4, 0.5) is 5.82 Å². The van der Waals surface area contributed by atoms with E-state index in [1.165, 1.54) is 15.1 Å². The van der Waals surface area contributed by atoms with Gasteiger partial charge in [0.15, 0.2) is 0 Å². The molecule has 4 heterocycles. The van der Waals surface area contributed by atoms with Crippen LogP contribution in [0.1, 0.15) is 22.8 Å². The number of hydrogen-bond acceptors (Lipinski definition) is 6. The summed E-state index contributed by atoms with van der Waals surface area (Å²) in [5.41, 5.74) is 0. The summed E-state index contributed by atoms with van der Waals surface area (Å²) in [6, 6.07) is 6.47. The number of nitrogens with zero attached hydrogens (tertiary/aromatic N) is 3. The van der Waals surface area contributed by atoms with Crippen molar-refractivity contribution in [3.05, 3.63) is 39.7 Å². The van der Waals surface area contributed by atoms with Crippen molar-refractivity contribution in [3.8, 4) is 0 Å². The second-order valence-electron chi connectivity index (χ2n) is 5.30. The Bertz CT molecular complexity index is 769. The van der Waals surface area contributed by atoms with Crippen LogP contribution in [0.5, 0.6) is 0 Å². The van der Waals surface area contributed by atoms with Crippen molar-refractivity contribution in [1.29, 1.82) is 0 Å². The summed E-state index contributed by atoms with van der Waals surface area (Å²) in [6.07, 6.45) is 2.87. The average molecular weight is 331 g/mol. The summed E-state index contributed by atoms with van der Waals surface area (Å²) >= 11 is 3.52. The Balaban J connectivity index is 1.67. The Hall–Kier alpha value is -1.50. The topological polar surface area (TPSA) is 38.2 Å². The first-order chi connectivity index (χ1) is 10.8. The van der Waals surface area contributed by atoms with Gasteiger partial charge in [-0.2, -0.15) is 0 Å². The van der Waals surface area contributed by atoms with Crippen LogP contribution in [0.25, 0.3) is 10.2 Å². The maximum absolute atomic E-state index is 5.94. The molecule has 1 aliphatic rings. The zero-order valence-corrected chi connectivity index (χ0v) is 14.0. The van der Waals surface area contributed by atoms with Gasteiger partial charge in [0.2, 0.25) is 0 Å². The highest BCUT2D eigenvalue weighted by molar-refractivity contribution is 7.18. The Morgan fingerprint density at radius 1 is 1.41 bits per heavy atom. The van der Waals surface area contributed by atoms with Crippen LogP contribution in [-0.4, -0.2) is 29.7 Å². The van der Waals surface area contributed by atoms with E-state index in [0.29, 0.717) is 0 Å². The van der Waals surface area contributed by atoms with E-state index in [0.717, 1.165) is 36.8 Å². The molecule has 0 amide bonds. The first-order valence-electron chi connectivity index (χ1n) is 7.48. The highest BCUT2D eigenvalue weighted by Crippen LogP contribution is 2.33. The molecular formula is C16H17N3OS2. The fourth-order valence-corrected chi connectivity index (χ4v) is 4.50. The van der Waals surface area contributed by atoms with Gasteiger partial charge in [0, 0.05) is 16.3 Å². The molecule has 1 saturated heterocycles. The number of fused-ring (bicyclic) bond motifs is 1. The van der Waals surface area contributed by atoms with Gasteiger partial charge < -0.3 is 9.64 Å². The van der Waals surface area contributed by atoms with Crippen LogP contribution in [0.15, 0.2) is 29.9 Å². The normalized spacial score (nSPS) is 19.0. The van der Waals surface area contributed by atoms with Crippen molar-refractivity contribution >= 4 is 38.7 Å². The predicted octanol–water partition coefficient (Wildman–Crippen LogP) is 3.89. The van der Waals surface area contributed by atoms with E-state index in [4.69, 9.17) is 4.74 Å². The van der Waals surface area contributed by atoms with Crippen LogP contribution < -0.4 is 4.90 Å². The Labute approximate surface area is 137 Å². The van der Waals surface area contributed by atoms with Crippen molar-refractivity contribution in [2.45, 2.75) is 19.4 Å². The molecule has 3 aromatic rings. The maximum Gasteiger partial charge on any atom is 0.140 e. The molecule has 4 nitrogen and oxygen atoms in total. The van der Waals surface area contributed by atoms with Gasteiger partial charge in [0.25, 0.3) is 0 Å². The van der Waals surface area contributed by atoms with Gasteiger partial charge in [0.05, 0.1) is 18.5 Å². The minimum Gasteiger partial charge on any atom is -0.369 e. The van der Waals surface area contributed by atoms with Crippen molar-refractivity contribution < 1.29 is 4.74 Å². The van der Waals surface area contributed by atoms with Crippen LogP contribution in [0.3, 0.4) is 0 Å². The van der Waals surface area contributed by atoms with Crippen molar-refractivity contribution in [1.82, 2.24) is 9.97 Å². The van der Waals surface area contributed by atoms with Crippen LogP contribution in [0, 0.1) is 0 Å². The molecule has 114 valence electrons. The minimum absolute atomic E-state index is 0.142. The van der Waals surface area contributed by atoms with E-state index in [9.17, 15) is 0 Å². The number of aromatic nitrogens is 2. The predicted molar refractivity (Wildman–Crippen MR) is 92.0 cm³/mol. The number of rotatable bonds is 3. The maximum atomic E-state index is 5.94. The number of morpholine rings is 1. The second kappa shape index (κ2) is 5.95. The summed E-state index contributed by atoms with van der Waals surface area (Å²) < 4.78 is 5.94. The lowest BCUT2D eigenvalue weighted by atomic mass is 10.2. The van der Waals surface area contributed by atoms with E-state index in [-0.39, 0.29) is 6.10 Å². The molecule has 3 aromatic heterocycles. The zero-order chi connectivity index (χ0) is 14.9.